The van der Waals surface area contributed by atoms with Crippen LogP contribution in [0.25, 0.3) is 45.4 Å². The molecule has 0 aliphatic heterocycles. The van der Waals surface area contributed by atoms with Crippen LogP contribution in [0.2, 0.25) is 0 Å². The Morgan fingerprint density at radius 3 is 1.43 bits per heavy atom. The first-order valence-electron chi connectivity index (χ1n) is 12.8. The molecule has 4 aromatic heterocycles. The van der Waals surface area contributed by atoms with Gasteiger partial charge >= 0.3 is 0 Å². The molecule has 4 heterocycles. The fourth-order valence-electron chi connectivity index (χ4n) is 4.20. The zero-order valence-electron chi connectivity index (χ0n) is 21.3. The number of oxazole rings is 2. The molecule has 2 N–H and O–H groups in total. The van der Waals surface area contributed by atoms with Crippen molar-refractivity contribution in [1.29, 1.82) is 0 Å². The van der Waals surface area contributed by atoms with Gasteiger partial charge in [-0.25, -0.2) is 9.97 Å². The number of hydrogen-bond acceptors (Lipinski definition) is 8. The summed E-state index contributed by atoms with van der Waals surface area (Å²) >= 11 is 0. The molecule has 0 bridgehead atoms. The van der Waals surface area contributed by atoms with E-state index >= 15 is 0 Å². The number of carbonyl (C=O) groups is 2. The van der Waals surface area contributed by atoms with E-state index in [0.717, 1.165) is 11.1 Å². The molecule has 0 saturated carbocycles. The quantitative estimate of drug-likeness (QED) is 0.209. The van der Waals surface area contributed by atoms with Crippen LogP contribution in [0.15, 0.2) is 94.0 Å². The average molecular weight is 533 g/mol. The van der Waals surface area contributed by atoms with Gasteiger partial charge in [0, 0.05) is 47.7 Å². The number of amides is 2. The number of anilines is 2. The number of hydrogen-bond donors (Lipinski definition) is 2. The van der Waals surface area contributed by atoms with Crippen molar-refractivity contribution in [1.82, 2.24) is 19.9 Å². The van der Waals surface area contributed by atoms with Crippen molar-refractivity contribution < 1.29 is 18.4 Å². The number of benzene rings is 2. The van der Waals surface area contributed by atoms with Crippen LogP contribution in [-0.4, -0.2) is 31.8 Å². The van der Waals surface area contributed by atoms with Crippen molar-refractivity contribution in [3.05, 3.63) is 85.2 Å². The van der Waals surface area contributed by atoms with Crippen LogP contribution in [0.4, 0.5) is 11.4 Å². The van der Waals surface area contributed by atoms with E-state index in [1.54, 1.807) is 48.8 Å². The van der Waals surface area contributed by atoms with Crippen molar-refractivity contribution in [2.75, 3.05) is 10.6 Å². The van der Waals surface area contributed by atoms with Crippen molar-refractivity contribution >= 4 is 45.6 Å². The summed E-state index contributed by atoms with van der Waals surface area (Å²) in [4.78, 5) is 41.8. The molecule has 0 aliphatic carbocycles. The fraction of sp³-hybridized carbons (Fsp3) is 0.133. The van der Waals surface area contributed by atoms with E-state index in [0.29, 0.717) is 71.3 Å². The second kappa shape index (κ2) is 11.2. The Kier molecular flexibility index (Phi) is 6.95. The molecular weight excluding hydrogens is 508 g/mol. The van der Waals surface area contributed by atoms with Crippen LogP contribution in [0, 0.1) is 0 Å². The molecule has 10 nitrogen and oxygen atoms in total. The van der Waals surface area contributed by atoms with Crippen LogP contribution in [0.3, 0.4) is 0 Å². The number of aromatic nitrogens is 4. The highest BCUT2D eigenvalue weighted by atomic mass is 16.4. The summed E-state index contributed by atoms with van der Waals surface area (Å²) in [5.74, 6) is 0.733. The number of fused-ring (bicyclic) bond motifs is 2. The Labute approximate surface area is 228 Å². The molecule has 0 fully saturated rings. The lowest BCUT2D eigenvalue weighted by Crippen LogP contribution is -2.13. The number of carbonyl (C=O) groups excluding carboxylic acids is 2. The van der Waals surface area contributed by atoms with Gasteiger partial charge in [-0.1, -0.05) is 0 Å². The van der Waals surface area contributed by atoms with Gasteiger partial charge in [0.1, 0.15) is 0 Å². The van der Waals surface area contributed by atoms with Crippen LogP contribution in [0.1, 0.15) is 25.7 Å². The summed E-state index contributed by atoms with van der Waals surface area (Å²) < 4.78 is 11.5. The van der Waals surface area contributed by atoms with Gasteiger partial charge in [-0.05, 0) is 85.6 Å². The lowest BCUT2D eigenvalue weighted by atomic mass is 10.1. The summed E-state index contributed by atoms with van der Waals surface area (Å²) in [6, 6.07) is 21.8. The van der Waals surface area contributed by atoms with Crippen LogP contribution in [0.5, 0.6) is 0 Å². The first-order valence-corrected chi connectivity index (χ1v) is 12.8. The Morgan fingerprint density at radius 1 is 0.600 bits per heavy atom. The minimum Gasteiger partial charge on any atom is -0.434 e. The summed E-state index contributed by atoms with van der Waals surface area (Å²) in [5.41, 5.74) is 5.29. The normalized spacial score (nSPS) is 11.1. The van der Waals surface area contributed by atoms with Gasteiger partial charge in [0.15, 0.2) is 22.5 Å². The standard InChI is InChI=1S/C30H24N6O4/c37-25(33-21-13-9-19(10-14-21)29-35-27-23(39-29)5-3-17-31-27)7-1-2-8-26(38)34-22-15-11-20(12-16-22)30-36-28-24(40-30)6-4-18-32-28/h3-6,9-18H,1-2,7-8H2,(H,33,37)(H,34,38). The predicted molar refractivity (Wildman–Crippen MR) is 150 cm³/mol. The summed E-state index contributed by atoms with van der Waals surface area (Å²) in [7, 11) is 0. The maximum atomic E-state index is 12.4. The van der Waals surface area contributed by atoms with E-state index in [4.69, 9.17) is 8.83 Å². The molecule has 0 unspecified atom stereocenters. The molecule has 2 amide bonds. The fourth-order valence-corrected chi connectivity index (χ4v) is 4.20. The number of pyridine rings is 2. The van der Waals surface area contributed by atoms with E-state index in [1.165, 1.54) is 0 Å². The largest absolute Gasteiger partial charge is 0.434 e. The molecule has 6 rings (SSSR count). The zero-order valence-corrected chi connectivity index (χ0v) is 21.3. The first-order chi connectivity index (χ1) is 19.6. The minimum absolute atomic E-state index is 0.107. The molecule has 0 saturated heterocycles. The highest BCUT2D eigenvalue weighted by molar-refractivity contribution is 5.92. The maximum absolute atomic E-state index is 12.4. The topological polar surface area (TPSA) is 136 Å². The molecule has 2 aromatic carbocycles. The van der Waals surface area contributed by atoms with Crippen LogP contribution < -0.4 is 10.6 Å². The van der Waals surface area contributed by atoms with E-state index in [2.05, 4.69) is 30.6 Å². The average Bonchev–Trinajstić information content (AvgIpc) is 3.61. The third-order valence-corrected chi connectivity index (χ3v) is 6.22. The summed E-state index contributed by atoms with van der Waals surface area (Å²) in [6.07, 6.45) is 5.16. The third kappa shape index (κ3) is 5.70. The maximum Gasteiger partial charge on any atom is 0.228 e. The van der Waals surface area contributed by atoms with Crippen molar-refractivity contribution in [3.63, 3.8) is 0 Å². The second-order valence-electron chi connectivity index (χ2n) is 9.15. The highest BCUT2D eigenvalue weighted by Crippen LogP contribution is 2.25. The molecule has 6 aromatic rings. The predicted octanol–water partition coefficient (Wildman–Crippen LogP) is 6.23. The van der Waals surface area contributed by atoms with Gasteiger partial charge in [-0.15, -0.1) is 0 Å². The van der Waals surface area contributed by atoms with Crippen LogP contribution >= 0.6 is 0 Å². The lowest BCUT2D eigenvalue weighted by molar-refractivity contribution is -0.118. The second-order valence-corrected chi connectivity index (χ2v) is 9.15. The minimum atomic E-state index is -0.107. The Morgan fingerprint density at radius 2 is 1.02 bits per heavy atom. The molecule has 198 valence electrons. The third-order valence-electron chi connectivity index (χ3n) is 6.22. The number of rotatable bonds is 9. The van der Waals surface area contributed by atoms with E-state index < -0.39 is 0 Å². The molecule has 0 radical (unpaired) electrons. The molecule has 0 spiro atoms. The summed E-state index contributed by atoms with van der Waals surface area (Å²) in [6.45, 7) is 0. The van der Waals surface area contributed by atoms with E-state index in [9.17, 15) is 9.59 Å². The van der Waals surface area contributed by atoms with Crippen molar-refractivity contribution in [2.24, 2.45) is 0 Å². The molecule has 0 atom stereocenters. The zero-order chi connectivity index (χ0) is 27.3. The summed E-state index contributed by atoms with van der Waals surface area (Å²) in [5, 5.41) is 5.77. The number of unbranched alkanes of at least 4 members (excludes halogenated alkanes) is 1. The monoisotopic (exact) mass is 532 g/mol. The van der Waals surface area contributed by atoms with E-state index in [-0.39, 0.29) is 11.8 Å². The molecule has 10 heteroatoms. The van der Waals surface area contributed by atoms with Crippen molar-refractivity contribution in [3.8, 4) is 22.9 Å². The van der Waals surface area contributed by atoms with Gasteiger partial charge in [-0.3, -0.25) is 9.59 Å². The van der Waals surface area contributed by atoms with Gasteiger partial charge < -0.3 is 19.5 Å². The molecular formula is C30H24N6O4. The first kappa shape index (κ1) is 24.9. The smallest absolute Gasteiger partial charge is 0.228 e. The number of nitrogens with one attached hydrogen (secondary N) is 2. The highest BCUT2D eigenvalue weighted by Gasteiger charge is 2.11. The van der Waals surface area contributed by atoms with E-state index in [1.807, 2.05) is 36.4 Å². The Bertz CT molecular complexity index is 1590. The number of nitrogens with zero attached hydrogens (tertiary/aromatic N) is 4. The SMILES string of the molecule is O=C(CCCCC(=O)Nc1ccc(-c2nc3ncccc3o2)cc1)Nc1ccc(-c2nc3ncccc3o2)cc1. The van der Waals surface area contributed by atoms with Gasteiger partial charge in [0.2, 0.25) is 23.6 Å². The Balaban J connectivity index is 0.929. The van der Waals surface area contributed by atoms with Gasteiger partial charge in [-0.2, -0.15) is 9.97 Å². The lowest BCUT2D eigenvalue weighted by Gasteiger charge is -2.07. The van der Waals surface area contributed by atoms with Gasteiger partial charge in [0.05, 0.1) is 0 Å². The van der Waals surface area contributed by atoms with Crippen LogP contribution in [-0.2, 0) is 9.59 Å². The van der Waals surface area contributed by atoms with Gasteiger partial charge in [0.25, 0.3) is 0 Å². The molecule has 40 heavy (non-hydrogen) atoms. The Hall–Kier alpha value is -5.38. The van der Waals surface area contributed by atoms with Crippen molar-refractivity contribution in [2.45, 2.75) is 25.7 Å². The molecule has 0 aliphatic rings.